The highest BCUT2D eigenvalue weighted by molar-refractivity contribution is 9.10. The van der Waals surface area contributed by atoms with Crippen molar-refractivity contribution in [1.82, 2.24) is 4.98 Å². The fourth-order valence-electron chi connectivity index (χ4n) is 2.34. The van der Waals surface area contributed by atoms with E-state index in [0.717, 1.165) is 27.2 Å². The van der Waals surface area contributed by atoms with Crippen LogP contribution in [0.5, 0.6) is 11.5 Å². The Balaban J connectivity index is 1.56. The van der Waals surface area contributed by atoms with Crippen LogP contribution >= 0.6 is 27.3 Å². The van der Waals surface area contributed by atoms with Crippen molar-refractivity contribution in [2.45, 2.75) is 0 Å². The SMILES string of the molecule is N#C/C(=N/Nc1ccc(Br)cc1)c1nc(-c2ccc3c(c2)OCO3)cs1. The van der Waals surface area contributed by atoms with E-state index in [1.807, 2.05) is 47.8 Å². The predicted octanol–water partition coefficient (Wildman–Crippen LogP) is 4.64. The zero-order valence-corrected chi connectivity index (χ0v) is 15.7. The van der Waals surface area contributed by atoms with E-state index in [1.165, 1.54) is 11.3 Å². The lowest BCUT2D eigenvalue weighted by atomic mass is 10.1. The van der Waals surface area contributed by atoms with Crippen molar-refractivity contribution < 1.29 is 9.47 Å². The molecule has 0 spiro atoms. The van der Waals surface area contributed by atoms with Gasteiger partial charge >= 0.3 is 0 Å². The summed E-state index contributed by atoms with van der Waals surface area (Å²) in [5.74, 6) is 1.42. The first-order chi connectivity index (χ1) is 12.7. The van der Waals surface area contributed by atoms with Crippen LogP contribution in [0.15, 0.2) is 57.4 Å². The molecule has 1 aliphatic heterocycles. The number of hydrogen-bond acceptors (Lipinski definition) is 7. The number of hydrazone groups is 1. The molecule has 26 heavy (non-hydrogen) atoms. The number of halogens is 1. The third-order valence-corrected chi connectivity index (χ3v) is 5.00. The number of nitriles is 1. The van der Waals surface area contributed by atoms with Crippen LogP contribution in [0.3, 0.4) is 0 Å². The van der Waals surface area contributed by atoms with Gasteiger partial charge in [-0.1, -0.05) is 15.9 Å². The molecular formula is C18H11BrN4O2S. The van der Waals surface area contributed by atoms with Crippen LogP contribution in [-0.4, -0.2) is 17.5 Å². The van der Waals surface area contributed by atoms with Crippen LogP contribution in [-0.2, 0) is 0 Å². The van der Waals surface area contributed by atoms with E-state index in [4.69, 9.17) is 9.47 Å². The molecule has 0 fully saturated rings. The lowest BCUT2D eigenvalue weighted by Gasteiger charge is -2.01. The minimum Gasteiger partial charge on any atom is -0.454 e. The summed E-state index contributed by atoms with van der Waals surface area (Å²) in [7, 11) is 0. The molecule has 128 valence electrons. The lowest BCUT2D eigenvalue weighted by molar-refractivity contribution is 0.174. The van der Waals surface area contributed by atoms with E-state index in [0.29, 0.717) is 10.8 Å². The number of benzene rings is 2. The summed E-state index contributed by atoms with van der Waals surface area (Å²) in [5, 5.41) is 16.0. The number of ether oxygens (including phenoxy) is 2. The summed E-state index contributed by atoms with van der Waals surface area (Å²) >= 11 is 4.74. The van der Waals surface area contributed by atoms with Gasteiger partial charge in [-0.15, -0.1) is 11.3 Å². The Kier molecular flexibility index (Phi) is 4.56. The number of nitrogens with zero attached hydrogens (tertiary/aromatic N) is 3. The lowest BCUT2D eigenvalue weighted by Crippen LogP contribution is -2.01. The fourth-order valence-corrected chi connectivity index (χ4v) is 3.37. The normalized spacial score (nSPS) is 12.7. The molecule has 0 aliphatic carbocycles. The van der Waals surface area contributed by atoms with Gasteiger partial charge in [0.05, 0.1) is 11.4 Å². The molecule has 8 heteroatoms. The summed E-state index contributed by atoms with van der Waals surface area (Å²) in [6.07, 6.45) is 0. The van der Waals surface area contributed by atoms with E-state index < -0.39 is 0 Å². The zero-order chi connectivity index (χ0) is 17.9. The van der Waals surface area contributed by atoms with Crippen molar-refractivity contribution in [2.24, 2.45) is 5.10 Å². The quantitative estimate of drug-likeness (QED) is 0.485. The van der Waals surface area contributed by atoms with Gasteiger partial charge in [-0.05, 0) is 42.5 Å². The number of aromatic nitrogens is 1. The minimum atomic E-state index is 0.227. The number of thiazole rings is 1. The molecule has 1 aromatic heterocycles. The van der Waals surface area contributed by atoms with Crippen molar-refractivity contribution in [2.75, 3.05) is 12.2 Å². The Morgan fingerprint density at radius 1 is 1.19 bits per heavy atom. The molecule has 0 saturated carbocycles. The molecule has 6 nitrogen and oxygen atoms in total. The molecule has 4 rings (SSSR count). The second kappa shape index (κ2) is 7.15. The van der Waals surface area contributed by atoms with Crippen molar-refractivity contribution >= 4 is 38.7 Å². The second-order valence-corrected chi connectivity index (χ2v) is 7.07. The van der Waals surface area contributed by atoms with Gasteiger partial charge in [-0.25, -0.2) is 4.98 Å². The first-order valence-electron chi connectivity index (χ1n) is 7.58. The third kappa shape index (κ3) is 3.40. The average molecular weight is 427 g/mol. The van der Waals surface area contributed by atoms with Crippen LogP contribution in [0.25, 0.3) is 11.3 Å². The molecule has 0 unspecified atom stereocenters. The van der Waals surface area contributed by atoms with Gasteiger partial charge in [-0.3, -0.25) is 5.43 Å². The monoisotopic (exact) mass is 426 g/mol. The van der Waals surface area contributed by atoms with E-state index in [-0.39, 0.29) is 12.5 Å². The largest absolute Gasteiger partial charge is 0.454 e. The number of anilines is 1. The Hall–Kier alpha value is -2.89. The molecule has 3 aromatic rings. The van der Waals surface area contributed by atoms with Gasteiger partial charge in [0.25, 0.3) is 0 Å². The molecule has 1 N–H and O–H groups in total. The predicted molar refractivity (Wildman–Crippen MR) is 104 cm³/mol. The molecule has 2 heterocycles. The van der Waals surface area contributed by atoms with Crippen LogP contribution < -0.4 is 14.9 Å². The smallest absolute Gasteiger partial charge is 0.231 e. The maximum atomic E-state index is 9.41. The second-order valence-electron chi connectivity index (χ2n) is 5.30. The van der Waals surface area contributed by atoms with Gasteiger partial charge in [0.2, 0.25) is 6.79 Å². The third-order valence-electron chi connectivity index (χ3n) is 3.62. The van der Waals surface area contributed by atoms with Crippen molar-refractivity contribution in [1.29, 1.82) is 5.26 Å². The van der Waals surface area contributed by atoms with Crippen LogP contribution in [0.4, 0.5) is 5.69 Å². The van der Waals surface area contributed by atoms with Gasteiger partial charge in [0, 0.05) is 15.4 Å². The first kappa shape index (κ1) is 16.6. The summed E-state index contributed by atoms with van der Waals surface area (Å²) in [4.78, 5) is 4.52. The zero-order valence-electron chi connectivity index (χ0n) is 13.3. The summed E-state index contributed by atoms with van der Waals surface area (Å²) in [5.41, 5.74) is 5.55. The number of hydrogen-bond donors (Lipinski definition) is 1. The average Bonchev–Trinajstić information content (AvgIpc) is 3.32. The number of fused-ring (bicyclic) bond motifs is 1. The van der Waals surface area contributed by atoms with Gasteiger partial charge in [0.15, 0.2) is 22.2 Å². The standard InChI is InChI=1S/C18H11BrN4O2S/c19-12-2-4-13(5-3-12)22-23-14(8-20)18-21-15(9-26-18)11-1-6-16-17(7-11)25-10-24-16/h1-7,9,22H,10H2/b23-14-. The molecular weight excluding hydrogens is 416 g/mol. The Labute approximate surface area is 161 Å². The van der Waals surface area contributed by atoms with Crippen LogP contribution in [0.1, 0.15) is 5.01 Å². The summed E-state index contributed by atoms with van der Waals surface area (Å²) in [6.45, 7) is 0.230. The molecule has 0 bridgehead atoms. The fraction of sp³-hybridized carbons (Fsp3) is 0.0556. The number of nitrogens with one attached hydrogen (secondary N) is 1. The summed E-state index contributed by atoms with van der Waals surface area (Å²) < 4.78 is 11.7. The highest BCUT2D eigenvalue weighted by atomic mass is 79.9. The van der Waals surface area contributed by atoms with Gasteiger partial charge < -0.3 is 9.47 Å². The van der Waals surface area contributed by atoms with E-state index in [9.17, 15) is 5.26 Å². The highest BCUT2D eigenvalue weighted by Crippen LogP contribution is 2.36. The molecule has 0 amide bonds. The molecule has 1 aliphatic rings. The van der Waals surface area contributed by atoms with Crippen molar-refractivity contribution in [3.8, 4) is 28.8 Å². The maximum Gasteiger partial charge on any atom is 0.231 e. The Morgan fingerprint density at radius 2 is 2.00 bits per heavy atom. The van der Waals surface area contributed by atoms with Gasteiger partial charge in [-0.2, -0.15) is 10.4 Å². The maximum absolute atomic E-state index is 9.41. The number of rotatable bonds is 4. The molecule has 2 aromatic carbocycles. The van der Waals surface area contributed by atoms with E-state index in [2.05, 4.69) is 37.5 Å². The van der Waals surface area contributed by atoms with Crippen LogP contribution in [0, 0.1) is 11.3 Å². The molecule has 0 radical (unpaired) electrons. The van der Waals surface area contributed by atoms with Crippen LogP contribution in [0.2, 0.25) is 0 Å². The topological polar surface area (TPSA) is 79.5 Å². The summed E-state index contributed by atoms with van der Waals surface area (Å²) in [6, 6.07) is 15.2. The minimum absolute atomic E-state index is 0.227. The van der Waals surface area contributed by atoms with Crippen molar-refractivity contribution in [3.63, 3.8) is 0 Å². The highest BCUT2D eigenvalue weighted by Gasteiger charge is 2.16. The Bertz CT molecular complexity index is 1020. The first-order valence-corrected chi connectivity index (χ1v) is 9.25. The van der Waals surface area contributed by atoms with E-state index >= 15 is 0 Å². The Morgan fingerprint density at radius 3 is 2.81 bits per heavy atom. The molecule has 0 atom stereocenters. The molecule has 0 saturated heterocycles. The van der Waals surface area contributed by atoms with E-state index in [1.54, 1.807) is 0 Å². The van der Waals surface area contributed by atoms with Gasteiger partial charge in [0.1, 0.15) is 6.07 Å². The van der Waals surface area contributed by atoms with Crippen molar-refractivity contribution in [3.05, 3.63) is 57.3 Å².